The fourth-order valence-electron chi connectivity index (χ4n) is 5.25. The van der Waals surface area contributed by atoms with Gasteiger partial charge in [-0.25, -0.2) is 4.79 Å². The second-order valence-electron chi connectivity index (χ2n) is 12.1. The average Bonchev–Trinajstić information content (AvgIpc) is 2.89. The van der Waals surface area contributed by atoms with Gasteiger partial charge in [0.25, 0.3) is 5.91 Å². The number of nitrogens with one attached hydrogen (secondary N) is 2. The van der Waals surface area contributed by atoms with E-state index in [1.54, 1.807) is 57.3 Å². The number of benzene rings is 2. The standard InChI is InChI=1S/C32H35F3N4O4/c1-20(38-28(40)27-16-25(11-13-36-27)39-14-12-31(39)18-42-19-31)21-5-7-22(8-6-21)26-15-24(32(33,34)35)10-9-23(26)17-37-29(41)43-30(2,3)4/h5-11,13,15-16,20H,12,14,17-19H2,1-4H3,(H,37,41)(H,38,40)/t20-/m1/s1. The molecule has 2 aliphatic heterocycles. The summed E-state index contributed by atoms with van der Waals surface area (Å²) in [4.78, 5) is 31.7. The van der Waals surface area contributed by atoms with Crippen molar-refractivity contribution in [3.63, 3.8) is 0 Å². The molecule has 0 bridgehead atoms. The van der Waals surface area contributed by atoms with Gasteiger partial charge in [-0.3, -0.25) is 9.78 Å². The lowest BCUT2D eigenvalue weighted by molar-refractivity contribution is -0.137. The van der Waals surface area contributed by atoms with Gasteiger partial charge in [-0.1, -0.05) is 30.3 Å². The fourth-order valence-corrected chi connectivity index (χ4v) is 5.25. The molecule has 2 aliphatic rings. The van der Waals surface area contributed by atoms with Crippen molar-refractivity contribution in [3.8, 4) is 11.1 Å². The van der Waals surface area contributed by atoms with Crippen molar-refractivity contribution in [2.45, 2.75) is 64.0 Å². The molecule has 8 nitrogen and oxygen atoms in total. The van der Waals surface area contributed by atoms with Crippen LogP contribution in [0.25, 0.3) is 11.1 Å². The third-order valence-corrected chi connectivity index (χ3v) is 7.73. The highest BCUT2D eigenvalue weighted by molar-refractivity contribution is 5.93. The molecule has 1 aromatic heterocycles. The lowest BCUT2D eigenvalue weighted by atomic mass is 9.82. The number of alkyl halides is 3. The van der Waals surface area contributed by atoms with Crippen LogP contribution in [0.3, 0.4) is 0 Å². The van der Waals surface area contributed by atoms with Crippen LogP contribution in [0.1, 0.15) is 67.3 Å². The molecule has 228 valence electrons. The van der Waals surface area contributed by atoms with Gasteiger partial charge in [-0.15, -0.1) is 0 Å². The topological polar surface area (TPSA) is 92.8 Å². The highest BCUT2D eigenvalue weighted by Gasteiger charge is 2.50. The summed E-state index contributed by atoms with van der Waals surface area (Å²) in [5.41, 5.74) is 1.89. The van der Waals surface area contributed by atoms with Crippen molar-refractivity contribution in [1.82, 2.24) is 15.6 Å². The molecule has 11 heteroatoms. The van der Waals surface area contributed by atoms with Gasteiger partial charge in [0.15, 0.2) is 0 Å². The van der Waals surface area contributed by atoms with Gasteiger partial charge in [0.05, 0.1) is 30.4 Å². The first kappa shape index (κ1) is 30.3. The molecule has 2 amide bonds. The highest BCUT2D eigenvalue weighted by atomic mass is 19.4. The predicted molar refractivity (Wildman–Crippen MR) is 156 cm³/mol. The summed E-state index contributed by atoms with van der Waals surface area (Å²) in [5.74, 6) is -0.328. The van der Waals surface area contributed by atoms with Crippen molar-refractivity contribution in [3.05, 3.63) is 83.2 Å². The SMILES string of the molecule is C[C@@H](NC(=O)c1cc(N2CCC23COC3)ccn1)c1ccc(-c2cc(C(F)(F)F)ccc2CNC(=O)OC(C)(C)C)cc1. The maximum absolute atomic E-state index is 13.6. The molecule has 5 rings (SSSR count). The Kier molecular flexibility index (Phi) is 8.13. The summed E-state index contributed by atoms with van der Waals surface area (Å²) in [7, 11) is 0. The average molecular weight is 597 g/mol. The zero-order chi connectivity index (χ0) is 31.0. The normalized spacial score (nSPS) is 16.6. The van der Waals surface area contributed by atoms with Crippen LogP contribution in [-0.4, -0.2) is 47.9 Å². The van der Waals surface area contributed by atoms with Crippen molar-refractivity contribution >= 4 is 17.7 Å². The molecule has 2 saturated heterocycles. The Hall–Kier alpha value is -4.12. The van der Waals surface area contributed by atoms with Gasteiger partial charge >= 0.3 is 12.3 Å². The first-order valence-corrected chi connectivity index (χ1v) is 14.1. The summed E-state index contributed by atoms with van der Waals surface area (Å²) in [6.45, 7) is 9.26. The van der Waals surface area contributed by atoms with Crippen LogP contribution in [0.4, 0.5) is 23.7 Å². The maximum Gasteiger partial charge on any atom is 0.416 e. The highest BCUT2D eigenvalue weighted by Crippen LogP contribution is 2.41. The van der Waals surface area contributed by atoms with Gasteiger partial charge in [0.2, 0.25) is 0 Å². The number of carbonyl (C=O) groups excluding carboxylic acids is 2. The van der Waals surface area contributed by atoms with Crippen molar-refractivity contribution in [2.75, 3.05) is 24.7 Å². The quantitative estimate of drug-likeness (QED) is 0.335. The summed E-state index contributed by atoms with van der Waals surface area (Å²) < 4.78 is 51.3. The number of pyridine rings is 1. The number of amides is 2. The van der Waals surface area contributed by atoms with Gasteiger partial charge in [0, 0.05) is 25.0 Å². The molecule has 0 radical (unpaired) electrons. The zero-order valence-electron chi connectivity index (χ0n) is 24.5. The minimum atomic E-state index is -4.53. The van der Waals surface area contributed by atoms with Crippen LogP contribution >= 0.6 is 0 Å². The molecule has 3 aromatic rings. The third kappa shape index (κ3) is 6.77. The van der Waals surface area contributed by atoms with Crippen LogP contribution in [0.15, 0.2) is 60.8 Å². The molecule has 0 saturated carbocycles. The number of halogens is 3. The van der Waals surface area contributed by atoms with Crippen molar-refractivity contribution in [1.29, 1.82) is 0 Å². The lowest BCUT2D eigenvalue weighted by Crippen LogP contribution is -2.71. The number of hydrogen-bond acceptors (Lipinski definition) is 6. The molecule has 1 spiro atoms. The van der Waals surface area contributed by atoms with E-state index in [0.29, 0.717) is 35.6 Å². The van der Waals surface area contributed by atoms with Crippen LogP contribution in [-0.2, 0) is 22.2 Å². The second kappa shape index (κ2) is 11.5. The lowest BCUT2D eigenvalue weighted by Gasteiger charge is -2.58. The van der Waals surface area contributed by atoms with Crippen LogP contribution in [0.5, 0.6) is 0 Å². The molecule has 2 aromatic carbocycles. The fraction of sp³-hybridized carbons (Fsp3) is 0.406. The molecule has 0 aliphatic carbocycles. The third-order valence-electron chi connectivity index (χ3n) is 7.73. The summed E-state index contributed by atoms with van der Waals surface area (Å²) >= 11 is 0. The van der Waals surface area contributed by atoms with Crippen molar-refractivity contribution < 1.29 is 32.2 Å². The molecular weight excluding hydrogens is 561 g/mol. The monoisotopic (exact) mass is 596 g/mol. The van der Waals surface area contributed by atoms with E-state index in [-0.39, 0.29) is 18.0 Å². The molecule has 43 heavy (non-hydrogen) atoms. The Balaban J connectivity index is 1.29. The number of nitrogens with zero attached hydrogens (tertiary/aromatic N) is 2. The molecule has 2 fully saturated rings. The largest absolute Gasteiger partial charge is 0.444 e. The summed E-state index contributed by atoms with van der Waals surface area (Å²) in [5, 5.41) is 5.57. The molecule has 3 heterocycles. The Bertz CT molecular complexity index is 1490. The van der Waals surface area contributed by atoms with Gasteiger partial charge < -0.3 is 25.0 Å². The van der Waals surface area contributed by atoms with E-state index in [0.717, 1.165) is 36.3 Å². The van der Waals surface area contributed by atoms with E-state index in [4.69, 9.17) is 9.47 Å². The van der Waals surface area contributed by atoms with Crippen LogP contribution in [0, 0.1) is 0 Å². The van der Waals surface area contributed by atoms with Gasteiger partial charge in [-0.2, -0.15) is 13.2 Å². The predicted octanol–water partition coefficient (Wildman–Crippen LogP) is 6.26. The van der Waals surface area contributed by atoms with Crippen molar-refractivity contribution in [2.24, 2.45) is 0 Å². The Morgan fingerprint density at radius 2 is 1.79 bits per heavy atom. The number of hydrogen-bond donors (Lipinski definition) is 2. The van der Waals surface area contributed by atoms with E-state index in [2.05, 4.69) is 20.5 Å². The number of anilines is 1. The van der Waals surface area contributed by atoms with Crippen LogP contribution in [0.2, 0.25) is 0 Å². The number of carbonyl (C=O) groups is 2. The van der Waals surface area contributed by atoms with Crippen LogP contribution < -0.4 is 15.5 Å². The van der Waals surface area contributed by atoms with E-state index >= 15 is 0 Å². The van der Waals surface area contributed by atoms with E-state index < -0.39 is 29.5 Å². The number of aromatic nitrogens is 1. The summed E-state index contributed by atoms with van der Waals surface area (Å²) in [6, 6.07) is 13.6. The smallest absolute Gasteiger partial charge is 0.416 e. The Morgan fingerprint density at radius 1 is 1.07 bits per heavy atom. The van der Waals surface area contributed by atoms with E-state index in [1.165, 1.54) is 6.07 Å². The zero-order valence-corrected chi connectivity index (χ0v) is 24.5. The second-order valence-corrected chi connectivity index (χ2v) is 12.1. The van der Waals surface area contributed by atoms with Gasteiger partial charge in [-0.05, 0) is 80.6 Å². The molecular formula is C32H35F3N4O4. The Labute approximate surface area is 248 Å². The van der Waals surface area contributed by atoms with Gasteiger partial charge in [0.1, 0.15) is 11.3 Å². The first-order chi connectivity index (χ1) is 20.2. The molecule has 2 N–H and O–H groups in total. The number of ether oxygens (including phenoxy) is 2. The Morgan fingerprint density at radius 3 is 2.37 bits per heavy atom. The number of alkyl carbamates (subject to hydrolysis) is 1. The molecule has 1 atom stereocenters. The number of rotatable bonds is 7. The maximum atomic E-state index is 13.6. The van der Waals surface area contributed by atoms with E-state index in [9.17, 15) is 22.8 Å². The minimum Gasteiger partial charge on any atom is -0.444 e. The molecule has 0 unspecified atom stereocenters. The summed E-state index contributed by atoms with van der Waals surface area (Å²) in [6.07, 6.45) is -2.51. The van der Waals surface area contributed by atoms with E-state index in [1.807, 2.05) is 13.0 Å². The first-order valence-electron chi connectivity index (χ1n) is 14.1. The minimum absolute atomic E-state index is 0.0196.